The van der Waals surface area contributed by atoms with Gasteiger partial charge in [0.25, 0.3) is 0 Å². The number of aryl methyl sites for hydroxylation is 2. The second-order valence-corrected chi connectivity index (χ2v) is 5.38. The van der Waals surface area contributed by atoms with Crippen LogP contribution in [0.1, 0.15) is 28.7 Å². The van der Waals surface area contributed by atoms with Crippen LogP contribution in [0.4, 0.5) is 0 Å². The largest absolute Gasteiger partial charge is 0.380 e. The fourth-order valence-electron chi connectivity index (χ4n) is 3.22. The predicted molar refractivity (Wildman–Crippen MR) is 81.9 cm³/mol. The lowest BCUT2D eigenvalue weighted by atomic mass is 9.81. The van der Waals surface area contributed by atoms with Crippen LogP contribution in [0.3, 0.4) is 0 Å². The first kappa shape index (κ1) is 13.7. The van der Waals surface area contributed by atoms with Crippen LogP contribution in [0.2, 0.25) is 0 Å². The molecule has 2 aromatic carbocycles. The zero-order chi connectivity index (χ0) is 14.7. The van der Waals surface area contributed by atoms with Gasteiger partial charge in [-0.25, -0.2) is 0 Å². The maximum atomic E-state index is 11.4. The molecule has 4 heteroatoms. The number of nitrogens with zero attached hydrogens (tertiary/aromatic N) is 3. The van der Waals surface area contributed by atoms with Crippen molar-refractivity contribution in [1.82, 2.24) is 0 Å². The minimum absolute atomic E-state index is 0.273. The molecular formula is C17H17N3O. The summed E-state index contributed by atoms with van der Waals surface area (Å²) in [7, 11) is 0. The van der Waals surface area contributed by atoms with Crippen molar-refractivity contribution in [3.05, 3.63) is 81.2 Å². The second-order valence-electron chi connectivity index (χ2n) is 5.38. The summed E-state index contributed by atoms with van der Waals surface area (Å²) in [5.74, 6) is 0. The van der Waals surface area contributed by atoms with Crippen LogP contribution in [-0.2, 0) is 18.4 Å². The van der Waals surface area contributed by atoms with Gasteiger partial charge in [0.2, 0.25) is 0 Å². The first-order valence-electron chi connectivity index (χ1n) is 7.16. The Bertz CT molecular complexity index is 657. The SMILES string of the molecule is [N-]=[N+]=NCCC1(O)c2ccccc2CCc2ccccc21. The highest BCUT2D eigenvalue weighted by molar-refractivity contribution is 5.47. The van der Waals surface area contributed by atoms with E-state index in [-0.39, 0.29) is 6.54 Å². The van der Waals surface area contributed by atoms with Gasteiger partial charge in [-0.05, 0) is 47.0 Å². The van der Waals surface area contributed by atoms with Crippen LogP contribution in [-0.4, -0.2) is 11.7 Å². The Hall–Kier alpha value is -2.29. The van der Waals surface area contributed by atoms with Crippen LogP contribution in [0.15, 0.2) is 53.6 Å². The minimum atomic E-state index is -1.09. The molecule has 0 saturated heterocycles. The molecule has 0 saturated carbocycles. The lowest BCUT2D eigenvalue weighted by Crippen LogP contribution is -2.29. The quantitative estimate of drug-likeness (QED) is 0.519. The third kappa shape index (κ3) is 2.40. The molecule has 0 aliphatic heterocycles. The molecule has 0 radical (unpaired) electrons. The smallest absolute Gasteiger partial charge is 0.115 e. The Kier molecular flexibility index (Phi) is 3.65. The fourth-order valence-corrected chi connectivity index (χ4v) is 3.22. The Balaban J connectivity index is 2.17. The van der Waals surface area contributed by atoms with Crippen LogP contribution in [0.5, 0.6) is 0 Å². The number of azide groups is 1. The summed E-state index contributed by atoms with van der Waals surface area (Å²) in [6.45, 7) is 0.273. The van der Waals surface area contributed by atoms with Crippen LogP contribution in [0.25, 0.3) is 10.4 Å². The molecular weight excluding hydrogens is 262 g/mol. The number of rotatable bonds is 3. The number of fused-ring (bicyclic) bond motifs is 2. The normalized spacial score (nSPS) is 15.3. The summed E-state index contributed by atoms with van der Waals surface area (Å²) in [6.07, 6.45) is 2.22. The van der Waals surface area contributed by atoms with E-state index in [0.717, 1.165) is 35.1 Å². The van der Waals surface area contributed by atoms with E-state index in [1.165, 1.54) is 0 Å². The van der Waals surface area contributed by atoms with E-state index in [4.69, 9.17) is 5.53 Å². The van der Waals surface area contributed by atoms with Gasteiger partial charge in [-0.2, -0.15) is 0 Å². The van der Waals surface area contributed by atoms with Crippen LogP contribution in [0, 0.1) is 0 Å². The van der Waals surface area contributed by atoms with Gasteiger partial charge in [-0.15, -0.1) is 0 Å². The average Bonchev–Trinajstić information content (AvgIpc) is 2.65. The number of benzene rings is 2. The van der Waals surface area contributed by atoms with Crippen molar-refractivity contribution in [2.24, 2.45) is 5.11 Å². The number of hydrogen-bond acceptors (Lipinski definition) is 2. The first-order chi connectivity index (χ1) is 10.3. The lowest BCUT2D eigenvalue weighted by molar-refractivity contribution is 0.0731. The molecule has 0 spiro atoms. The fraction of sp³-hybridized carbons (Fsp3) is 0.294. The van der Waals surface area contributed by atoms with Gasteiger partial charge in [-0.1, -0.05) is 53.6 Å². The molecule has 106 valence electrons. The third-order valence-corrected chi connectivity index (χ3v) is 4.23. The van der Waals surface area contributed by atoms with Gasteiger partial charge in [0, 0.05) is 11.5 Å². The molecule has 0 fully saturated rings. The van der Waals surface area contributed by atoms with E-state index >= 15 is 0 Å². The zero-order valence-corrected chi connectivity index (χ0v) is 11.7. The summed E-state index contributed by atoms with van der Waals surface area (Å²) < 4.78 is 0. The molecule has 2 aromatic rings. The third-order valence-electron chi connectivity index (χ3n) is 4.23. The van der Waals surface area contributed by atoms with Crippen molar-refractivity contribution in [3.63, 3.8) is 0 Å². The Morgan fingerprint density at radius 1 is 1.00 bits per heavy atom. The monoisotopic (exact) mass is 279 g/mol. The molecule has 21 heavy (non-hydrogen) atoms. The summed E-state index contributed by atoms with van der Waals surface area (Å²) in [6, 6.07) is 16.0. The molecule has 0 unspecified atom stereocenters. The maximum absolute atomic E-state index is 11.4. The van der Waals surface area contributed by atoms with Crippen molar-refractivity contribution in [2.75, 3.05) is 6.54 Å². The molecule has 4 nitrogen and oxygen atoms in total. The van der Waals surface area contributed by atoms with Crippen molar-refractivity contribution < 1.29 is 5.11 Å². The molecule has 0 heterocycles. The van der Waals surface area contributed by atoms with Crippen LogP contribution < -0.4 is 0 Å². The molecule has 1 N–H and O–H groups in total. The summed E-state index contributed by atoms with van der Waals surface area (Å²) in [5, 5.41) is 15.0. The number of aliphatic hydroxyl groups is 1. The summed E-state index contributed by atoms with van der Waals surface area (Å²) in [4.78, 5) is 2.80. The highest BCUT2D eigenvalue weighted by Crippen LogP contribution is 2.40. The zero-order valence-electron chi connectivity index (χ0n) is 11.7. The Morgan fingerprint density at radius 3 is 2.05 bits per heavy atom. The Morgan fingerprint density at radius 2 is 1.52 bits per heavy atom. The molecule has 0 atom stereocenters. The summed E-state index contributed by atoms with van der Waals surface area (Å²) in [5.41, 5.74) is 11.6. The summed E-state index contributed by atoms with van der Waals surface area (Å²) >= 11 is 0. The maximum Gasteiger partial charge on any atom is 0.115 e. The second kappa shape index (κ2) is 5.60. The van der Waals surface area contributed by atoms with Gasteiger partial charge in [0.15, 0.2) is 0 Å². The minimum Gasteiger partial charge on any atom is -0.380 e. The number of hydrogen-bond donors (Lipinski definition) is 1. The topological polar surface area (TPSA) is 69.0 Å². The molecule has 0 bridgehead atoms. The van der Waals surface area contributed by atoms with E-state index in [1.54, 1.807) is 0 Å². The molecule has 1 aliphatic carbocycles. The predicted octanol–water partition coefficient (Wildman–Crippen LogP) is 3.72. The molecule has 3 rings (SSSR count). The van der Waals surface area contributed by atoms with Gasteiger partial charge in [0.1, 0.15) is 5.60 Å². The van der Waals surface area contributed by atoms with Gasteiger partial charge < -0.3 is 5.11 Å². The van der Waals surface area contributed by atoms with Crippen molar-refractivity contribution in [2.45, 2.75) is 24.9 Å². The van der Waals surface area contributed by atoms with Crippen molar-refractivity contribution in [1.29, 1.82) is 0 Å². The van der Waals surface area contributed by atoms with Gasteiger partial charge >= 0.3 is 0 Å². The average molecular weight is 279 g/mol. The van der Waals surface area contributed by atoms with Crippen molar-refractivity contribution in [3.8, 4) is 0 Å². The van der Waals surface area contributed by atoms with E-state index in [9.17, 15) is 5.11 Å². The lowest BCUT2D eigenvalue weighted by Gasteiger charge is -2.30. The molecule has 0 amide bonds. The van der Waals surface area contributed by atoms with Gasteiger partial charge in [0.05, 0.1) is 0 Å². The molecule has 0 aromatic heterocycles. The van der Waals surface area contributed by atoms with Crippen LogP contribution >= 0.6 is 0 Å². The van der Waals surface area contributed by atoms with E-state index in [1.807, 2.05) is 36.4 Å². The van der Waals surface area contributed by atoms with E-state index in [0.29, 0.717) is 6.42 Å². The van der Waals surface area contributed by atoms with Crippen molar-refractivity contribution >= 4 is 0 Å². The first-order valence-corrected chi connectivity index (χ1v) is 7.16. The molecule has 1 aliphatic rings. The van der Waals surface area contributed by atoms with E-state index in [2.05, 4.69) is 22.2 Å². The highest BCUT2D eigenvalue weighted by Gasteiger charge is 2.36. The Labute approximate surface area is 123 Å². The standard InChI is InChI=1S/C17H17N3O/c18-20-19-12-11-17(21)15-7-3-1-5-13(15)9-10-14-6-2-4-8-16(14)17/h1-8,21H,9-12H2. The van der Waals surface area contributed by atoms with Gasteiger partial charge in [-0.3, -0.25) is 0 Å². The van der Waals surface area contributed by atoms with E-state index < -0.39 is 5.60 Å². The highest BCUT2D eigenvalue weighted by atomic mass is 16.3.